The summed E-state index contributed by atoms with van der Waals surface area (Å²) in [5.74, 6) is 1.22. The molecule has 1 aliphatic rings. The van der Waals surface area contributed by atoms with Crippen molar-refractivity contribution in [2.75, 3.05) is 23.7 Å². The molecule has 0 aliphatic carbocycles. The molecular weight excluding hydrogens is 276 g/mol. The van der Waals surface area contributed by atoms with Gasteiger partial charge in [0.05, 0.1) is 0 Å². The van der Waals surface area contributed by atoms with Crippen LogP contribution in [0.3, 0.4) is 0 Å². The molecule has 0 bridgehead atoms. The first-order valence-corrected chi connectivity index (χ1v) is 9.14. The predicted octanol–water partition coefficient (Wildman–Crippen LogP) is 4.00. The second-order valence-corrected chi connectivity index (χ2v) is 8.64. The Morgan fingerprint density at radius 2 is 2.10 bits per heavy atom. The topological polar surface area (TPSA) is 29.3 Å². The SMILES string of the molecule is CCC(N)Cc1ccc(N2CCSC(C)(C)CC2)c(C)c1. The summed E-state index contributed by atoms with van der Waals surface area (Å²) in [7, 11) is 0. The monoisotopic (exact) mass is 306 g/mol. The molecule has 1 saturated heterocycles. The summed E-state index contributed by atoms with van der Waals surface area (Å²) in [5, 5.41) is 0. The number of rotatable bonds is 4. The van der Waals surface area contributed by atoms with Crippen LogP contribution in [0.4, 0.5) is 5.69 Å². The maximum absolute atomic E-state index is 6.07. The zero-order chi connectivity index (χ0) is 15.5. The summed E-state index contributed by atoms with van der Waals surface area (Å²) >= 11 is 2.10. The van der Waals surface area contributed by atoms with E-state index in [0.717, 1.165) is 25.9 Å². The summed E-state index contributed by atoms with van der Waals surface area (Å²) in [5.41, 5.74) is 10.2. The summed E-state index contributed by atoms with van der Waals surface area (Å²) < 4.78 is 0.413. The van der Waals surface area contributed by atoms with Crippen LogP contribution in [-0.2, 0) is 6.42 Å². The number of benzene rings is 1. The fourth-order valence-corrected chi connectivity index (χ4v) is 4.01. The second kappa shape index (κ2) is 7.06. The van der Waals surface area contributed by atoms with Gasteiger partial charge in [-0.2, -0.15) is 11.8 Å². The Labute approximate surface area is 134 Å². The van der Waals surface area contributed by atoms with Crippen molar-refractivity contribution in [2.45, 2.75) is 57.7 Å². The molecule has 3 heteroatoms. The molecule has 2 rings (SSSR count). The van der Waals surface area contributed by atoms with Crippen LogP contribution < -0.4 is 10.6 Å². The fraction of sp³-hybridized carbons (Fsp3) is 0.667. The van der Waals surface area contributed by atoms with Crippen molar-refractivity contribution in [3.05, 3.63) is 29.3 Å². The molecule has 1 unspecified atom stereocenters. The van der Waals surface area contributed by atoms with E-state index >= 15 is 0 Å². The van der Waals surface area contributed by atoms with Gasteiger partial charge in [-0.15, -0.1) is 0 Å². The van der Waals surface area contributed by atoms with Gasteiger partial charge in [0.2, 0.25) is 0 Å². The predicted molar refractivity (Wildman–Crippen MR) is 96.5 cm³/mol. The molecule has 21 heavy (non-hydrogen) atoms. The van der Waals surface area contributed by atoms with Gasteiger partial charge < -0.3 is 10.6 Å². The largest absolute Gasteiger partial charge is 0.370 e. The number of hydrogen-bond acceptors (Lipinski definition) is 3. The second-order valence-electron chi connectivity index (χ2n) is 6.84. The highest BCUT2D eigenvalue weighted by atomic mass is 32.2. The van der Waals surface area contributed by atoms with E-state index in [9.17, 15) is 0 Å². The highest BCUT2D eigenvalue weighted by Gasteiger charge is 2.24. The van der Waals surface area contributed by atoms with E-state index in [1.165, 1.54) is 29.0 Å². The van der Waals surface area contributed by atoms with E-state index in [0.29, 0.717) is 4.75 Å². The summed E-state index contributed by atoms with van der Waals surface area (Å²) in [6.45, 7) is 11.4. The lowest BCUT2D eigenvalue weighted by molar-refractivity contribution is 0.636. The minimum Gasteiger partial charge on any atom is -0.370 e. The third-order valence-electron chi connectivity index (χ3n) is 4.46. The number of nitrogens with zero attached hydrogens (tertiary/aromatic N) is 1. The molecule has 0 amide bonds. The van der Waals surface area contributed by atoms with Crippen LogP contribution in [0.5, 0.6) is 0 Å². The molecule has 1 aliphatic heterocycles. The summed E-state index contributed by atoms with van der Waals surface area (Å²) in [4.78, 5) is 2.56. The number of anilines is 1. The van der Waals surface area contributed by atoms with Gasteiger partial charge in [-0.1, -0.05) is 32.9 Å². The van der Waals surface area contributed by atoms with Gasteiger partial charge in [-0.25, -0.2) is 0 Å². The van der Waals surface area contributed by atoms with Gasteiger partial charge in [0.25, 0.3) is 0 Å². The Kier molecular flexibility index (Phi) is 5.61. The number of nitrogens with two attached hydrogens (primary N) is 1. The smallest absolute Gasteiger partial charge is 0.0396 e. The average Bonchev–Trinajstić information content (AvgIpc) is 2.60. The van der Waals surface area contributed by atoms with E-state index in [1.54, 1.807) is 0 Å². The molecule has 0 spiro atoms. The molecule has 1 heterocycles. The first-order chi connectivity index (χ1) is 9.91. The molecule has 1 atom stereocenters. The third-order valence-corrected chi connectivity index (χ3v) is 5.83. The van der Waals surface area contributed by atoms with Crippen LogP contribution in [0.25, 0.3) is 0 Å². The Morgan fingerprint density at radius 1 is 1.33 bits per heavy atom. The van der Waals surface area contributed by atoms with Crippen molar-refractivity contribution >= 4 is 17.4 Å². The van der Waals surface area contributed by atoms with Crippen LogP contribution in [0.15, 0.2) is 18.2 Å². The van der Waals surface area contributed by atoms with Crippen molar-refractivity contribution in [3.8, 4) is 0 Å². The highest BCUT2D eigenvalue weighted by Crippen LogP contribution is 2.33. The van der Waals surface area contributed by atoms with Gasteiger partial charge in [0.1, 0.15) is 0 Å². The molecule has 2 N–H and O–H groups in total. The number of thioether (sulfide) groups is 1. The average molecular weight is 307 g/mol. The maximum atomic E-state index is 6.07. The minimum absolute atomic E-state index is 0.283. The molecule has 0 radical (unpaired) electrons. The third kappa shape index (κ3) is 4.65. The number of hydrogen-bond donors (Lipinski definition) is 1. The highest BCUT2D eigenvalue weighted by molar-refractivity contribution is 8.00. The molecule has 1 aromatic rings. The Hall–Kier alpha value is -0.670. The zero-order valence-corrected chi connectivity index (χ0v) is 14.8. The normalized spacial score (nSPS) is 20.1. The molecule has 0 saturated carbocycles. The van der Waals surface area contributed by atoms with Crippen molar-refractivity contribution < 1.29 is 0 Å². The number of aryl methyl sites for hydroxylation is 1. The lowest BCUT2D eigenvalue weighted by Crippen LogP contribution is -2.27. The van der Waals surface area contributed by atoms with Gasteiger partial charge >= 0.3 is 0 Å². The summed E-state index contributed by atoms with van der Waals surface area (Å²) in [6.07, 6.45) is 3.28. The van der Waals surface area contributed by atoms with Crippen LogP contribution >= 0.6 is 11.8 Å². The van der Waals surface area contributed by atoms with Crippen LogP contribution in [0.1, 0.15) is 44.7 Å². The summed E-state index contributed by atoms with van der Waals surface area (Å²) in [6, 6.07) is 7.18. The maximum Gasteiger partial charge on any atom is 0.0396 e. The lowest BCUT2D eigenvalue weighted by Gasteiger charge is -2.26. The first-order valence-electron chi connectivity index (χ1n) is 8.15. The van der Waals surface area contributed by atoms with Crippen molar-refractivity contribution in [1.29, 1.82) is 0 Å². The van der Waals surface area contributed by atoms with Crippen molar-refractivity contribution in [3.63, 3.8) is 0 Å². The first kappa shape index (κ1) is 16.7. The van der Waals surface area contributed by atoms with Crippen LogP contribution in [0, 0.1) is 6.92 Å². The Bertz CT molecular complexity index is 470. The lowest BCUT2D eigenvalue weighted by atomic mass is 10.0. The van der Waals surface area contributed by atoms with E-state index in [4.69, 9.17) is 5.73 Å². The fourth-order valence-electron chi connectivity index (χ4n) is 2.91. The molecular formula is C18H30N2S. The van der Waals surface area contributed by atoms with Gasteiger partial charge in [-0.05, 0) is 43.4 Å². The van der Waals surface area contributed by atoms with Gasteiger partial charge in [0.15, 0.2) is 0 Å². The quantitative estimate of drug-likeness (QED) is 0.912. The van der Waals surface area contributed by atoms with Crippen LogP contribution in [0.2, 0.25) is 0 Å². The van der Waals surface area contributed by atoms with E-state index in [-0.39, 0.29) is 6.04 Å². The molecule has 1 aromatic carbocycles. The molecule has 1 fully saturated rings. The van der Waals surface area contributed by atoms with Gasteiger partial charge in [0, 0.05) is 35.3 Å². The van der Waals surface area contributed by atoms with E-state index in [1.807, 2.05) is 0 Å². The molecule has 0 aromatic heterocycles. The van der Waals surface area contributed by atoms with Crippen molar-refractivity contribution in [2.24, 2.45) is 5.73 Å². The zero-order valence-electron chi connectivity index (χ0n) is 14.0. The minimum atomic E-state index is 0.283. The van der Waals surface area contributed by atoms with Crippen LogP contribution in [-0.4, -0.2) is 29.6 Å². The van der Waals surface area contributed by atoms with Gasteiger partial charge in [-0.3, -0.25) is 0 Å². The van der Waals surface area contributed by atoms with E-state index < -0.39 is 0 Å². The standard InChI is InChI=1S/C18H30N2S/c1-5-16(19)13-15-6-7-17(14(2)12-15)20-9-8-18(3,4)21-11-10-20/h6-7,12,16H,5,8-11,13,19H2,1-4H3. The van der Waals surface area contributed by atoms with Crippen molar-refractivity contribution in [1.82, 2.24) is 0 Å². The Balaban J connectivity index is 2.10. The Morgan fingerprint density at radius 3 is 2.76 bits per heavy atom. The molecule has 118 valence electrons. The molecule has 2 nitrogen and oxygen atoms in total. The van der Waals surface area contributed by atoms with E-state index in [2.05, 4.69) is 62.6 Å².